The summed E-state index contributed by atoms with van der Waals surface area (Å²) >= 11 is 0. The zero-order valence-corrected chi connectivity index (χ0v) is 10.7. The van der Waals surface area contributed by atoms with Crippen molar-refractivity contribution in [1.29, 1.82) is 0 Å². The van der Waals surface area contributed by atoms with Gasteiger partial charge >= 0.3 is 0 Å². The highest BCUT2D eigenvalue weighted by Crippen LogP contribution is 2.44. The highest BCUT2D eigenvalue weighted by molar-refractivity contribution is 5.99. The third-order valence-corrected chi connectivity index (χ3v) is 3.35. The predicted octanol–water partition coefficient (Wildman–Crippen LogP) is 1.78. The van der Waals surface area contributed by atoms with Crippen molar-refractivity contribution >= 4 is 21.9 Å². The minimum Gasteiger partial charge on any atom is -0.508 e. The largest absolute Gasteiger partial charge is 0.508 e. The Kier molecular flexibility index (Phi) is 2.43. The van der Waals surface area contributed by atoms with E-state index in [2.05, 4.69) is 0 Å². The van der Waals surface area contributed by atoms with Crippen LogP contribution in [0.4, 0.5) is 0 Å². The molecule has 2 aromatic carbocycles. The summed E-state index contributed by atoms with van der Waals surface area (Å²) in [6.45, 7) is 1.36. The SMILES string of the molecule is Cc1c(O)c(O)c(O)c2oc3cc(O)cc(O)c3c(=O)c12. The van der Waals surface area contributed by atoms with Gasteiger partial charge in [0.25, 0.3) is 0 Å². The van der Waals surface area contributed by atoms with Gasteiger partial charge in [-0.15, -0.1) is 0 Å². The lowest BCUT2D eigenvalue weighted by molar-refractivity contribution is 0.365. The van der Waals surface area contributed by atoms with E-state index < -0.39 is 28.4 Å². The van der Waals surface area contributed by atoms with Crippen molar-refractivity contribution in [2.75, 3.05) is 0 Å². The van der Waals surface area contributed by atoms with Gasteiger partial charge in [0.1, 0.15) is 22.5 Å². The first-order valence-corrected chi connectivity index (χ1v) is 5.89. The first-order valence-electron chi connectivity index (χ1n) is 5.89. The number of rotatable bonds is 0. The molecule has 1 heterocycles. The zero-order valence-electron chi connectivity index (χ0n) is 10.7. The molecule has 0 aliphatic carbocycles. The first-order chi connectivity index (χ1) is 9.82. The fraction of sp³-hybridized carbons (Fsp3) is 0.0714. The number of phenolic OH excluding ortho intramolecular Hbond substituents is 5. The third kappa shape index (κ3) is 1.57. The second kappa shape index (κ2) is 3.95. The van der Waals surface area contributed by atoms with Crippen LogP contribution in [-0.4, -0.2) is 25.5 Å². The minimum absolute atomic E-state index is 0.00317. The smallest absolute Gasteiger partial charge is 0.205 e. The standard InChI is InChI=1S/C14H10O7/c1-4-8-11(18)9-6(16)2-5(15)3-7(9)21-14(8)13(20)12(19)10(4)17/h2-3,15-17,19-20H,1H3. The van der Waals surface area contributed by atoms with E-state index >= 15 is 0 Å². The van der Waals surface area contributed by atoms with Crippen molar-refractivity contribution in [3.05, 3.63) is 27.9 Å². The fourth-order valence-electron chi connectivity index (χ4n) is 2.31. The lowest BCUT2D eigenvalue weighted by atomic mass is 10.0. The molecule has 3 aromatic rings. The molecule has 1 aromatic heterocycles. The molecule has 0 fully saturated rings. The maximum absolute atomic E-state index is 12.5. The molecule has 108 valence electrons. The van der Waals surface area contributed by atoms with Gasteiger partial charge in [0.05, 0.1) is 5.39 Å². The Balaban J connectivity index is 2.71. The summed E-state index contributed by atoms with van der Waals surface area (Å²) in [5, 5.41) is 48.0. The van der Waals surface area contributed by atoms with E-state index in [1.165, 1.54) is 6.92 Å². The fourth-order valence-corrected chi connectivity index (χ4v) is 2.31. The van der Waals surface area contributed by atoms with Gasteiger partial charge in [-0.25, -0.2) is 0 Å². The Labute approximate surface area is 116 Å². The van der Waals surface area contributed by atoms with Crippen LogP contribution in [0.15, 0.2) is 21.3 Å². The third-order valence-electron chi connectivity index (χ3n) is 3.35. The summed E-state index contributed by atoms with van der Waals surface area (Å²) in [5.41, 5.74) is -1.20. The molecule has 0 saturated carbocycles. The topological polar surface area (TPSA) is 131 Å². The van der Waals surface area contributed by atoms with Gasteiger partial charge in [0.15, 0.2) is 11.3 Å². The van der Waals surface area contributed by atoms with Crippen LogP contribution in [0.3, 0.4) is 0 Å². The van der Waals surface area contributed by atoms with Gasteiger partial charge in [-0.1, -0.05) is 0 Å². The quantitative estimate of drug-likeness (QED) is 0.315. The van der Waals surface area contributed by atoms with E-state index in [1.807, 2.05) is 0 Å². The molecule has 0 radical (unpaired) electrons. The Hall–Kier alpha value is -3.09. The van der Waals surface area contributed by atoms with Gasteiger partial charge in [-0.2, -0.15) is 0 Å². The first kappa shape index (κ1) is 12.9. The lowest BCUT2D eigenvalue weighted by Crippen LogP contribution is -2.04. The van der Waals surface area contributed by atoms with Crippen LogP contribution in [0.2, 0.25) is 0 Å². The van der Waals surface area contributed by atoms with Crippen molar-refractivity contribution in [3.63, 3.8) is 0 Å². The highest BCUT2D eigenvalue weighted by atomic mass is 16.4. The molecule has 0 bridgehead atoms. The molecule has 21 heavy (non-hydrogen) atoms. The summed E-state index contributed by atoms with van der Waals surface area (Å²) in [4.78, 5) is 12.5. The Morgan fingerprint density at radius 2 is 1.57 bits per heavy atom. The normalized spacial score (nSPS) is 11.3. The van der Waals surface area contributed by atoms with Gasteiger partial charge in [-0.05, 0) is 6.92 Å². The number of phenols is 5. The molecule has 0 unspecified atom stereocenters. The zero-order chi connectivity index (χ0) is 15.5. The van der Waals surface area contributed by atoms with Crippen LogP contribution in [0.1, 0.15) is 5.56 Å². The van der Waals surface area contributed by atoms with E-state index in [4.69, 9.17) is 4.42 Å². The molecule has 7 nitrogen and oxygen atoms in total. The van der Waals surface area contributed by atoms with Crippen molar-refractivity contribution < 1.29 is 29.9 Å². The number of aromatic hydroxyl groups is 5. The molecule has 0 atom stereocenters. The van der Waals surface area contributed by atoms with Crippen LogP contribution in [0.5, 0.6) is 28.7 Å². The predicted molar refractivity (Wildman–Crippen MR) is 73.1 cm³/mol. The maximum atomic E-state index is 12.5. The van der Waals surface area contributed by atoms with Crippen LogP contribution >= 0.6 is 0 Å². The summed E-state index contributed by atoms with van der Waals surface area (Å²) in [7, 11) is 0. The van der Waals surface area contributed by atoms with E-state index in [0.717, 1.165) is 12.1 Å². The molecule has 3 rings (SSSR count). The van der Waals surface area contributed by atoms with Crippen molar-refractivity contribution in [2.24, 2.45) is 0 Å². The Morgan fingerprint density at radius 3 is 2.24 bits per heavy atom. The van der Waals surface area contributed by atoms with Gasteiger partial charge < -0.3 is 29.9 Å². The van der Waals surface area contributed by atoms with Crippen LogP contribution in [0.25, 0.3) is 21.9 Å². The Morgan fingerprint density at radius 1 is 0.905 bits per heavy atom. The summed E-state index contributed by atoms with van der Waals surface area (Å²) in [5.74, 6) is -3.08. The molecular formula is C14H10O7. The van der Waals surface area contributed by atoms with Gasteiger partial charge in [0.2, 0.25) is 16.9 Å². The molecule has 0 amide bonds. The molecule has 5 N–H and O–H groups in total. The van der Waals surface area contributed by atoms with Crippen LogP contribution in [-0.2, 0) is 0 Å². The molecule has 0 saturated heterocycles. The van der Waals surface area contributed by atoms with Gasteiger partial charge in [0, 0.05) is 17.7 Å². The number of fused-ring (bicyclic) bond motifs is 2. The minimum atomic E-state index is -0.813. The second-order valence-electron chi connectivity index (χ2n) is 4.64. The molecular weight excluding hydrogens is 280 g/mol. The lowest BCUT2D eigenvalue weighted by Gasteiger charge is -2.10. The van der Waals surface area contributed by atoms with Crippen molar-refractivity contribution in [1.82, 2.24) is 0 Å². The van der Waals surface area contributed by atoms with Crippen molar-refractivity contribution in [3.8, 4) is 28.7 Å². The second-order valence-corrected chi connectivity index (χ2v) is 4.64. The maximum Gasteiger partial charge on any atom is 0.205 e. The van der Waals surface area contributed by atoms with Crippen molar-refractivity contribution in [2.45, 2.75) is 6.92 Å². The summed E-state index contributed by atoms with van der Waals surface area (Å²) < 4.78 is 5.30. The number of benzene rings is 2. The average Bonchev–Trinajstić information content (AvgIpc) is 2.41. The van der Waals surface area contributed by atoms with E-state index in [-0.39, 0.29) is 33.3 Å². The summed E-state index contributed by atoms with van der Waals surface area (Å²) in [6.07, 6.45) is 0. The van der Waals surface area contributed by atoms with E-state index in [0.29, 0.717) is 0 Å². The van der Waals surface area contributed by atoms with E-state index in [1.54, 1.807) is 0 Å². The Bertz CT molecular complexity index is 969. The molecule has 0 spiro atoms. The number of hydrogen-bond acceptors (Lipinski definition) is 7. The molecule has 0 aliphatic rings. The monoisotopic (exact) mass is 290 g/mol. The average molecular weight is 290 g/mol. The number of aryl methyl sites for hydroxylation is 1. The highest BCUT2D eigenvalue weighted by Gasteiger charge is 2.22. The molecule has 7 heteroatoms. The van der Waals surface area contributed by atoms with E-state index in [9.17, 15) is 30.3 Å². The van der Waals surface area contributed by atoms with Crippen LogP contribution in [0, 0.1) is 6.92 Å². The summed E-state index contributed by atoms with van der Waals surface area (Å²) in [6, 6.07) is 2.06. The van der Waals surface area contributed by atoms with Crippen LogP contribution < -0.4 is 5.43 Å². The molecule has 0 aliphatic heterocycles. The number of hydrogen-bond donors (Lipinski definition) is 5. The van der Waals surface area contributed by atoms with Gasteiger partial charge in [-0.3, -0.25) is 4.79 Å².